The molecule has 1 heterocycles. The monoisotopic (exact) mass is 286 g/mol. The van der Waals surface area contributed by atoms with E-state index in [1.165, 1.54) is 30.3 Å². The van der Waals surface area contributed by atoms with Crippen LogP contribution in [0.3, 0.4) is 0 Å². The molecule has 100 valence electrons. The topological polar surface area (TPSA) is 71.4 Å². The van der Waals surface area contributed by atoms with Crippen LogP contribution in [0.5, 0.6) is 5.75 Å². The lowest BCUT2D eigenvalue weighted by Gasteiger charge is -1.98. The average Bonchev–Trinajstić information content (AvgIpc) is 2.63. The summed E-state index contributed by atoms with van der Waals surface area (Å²) < 4.78 is 24.7. The second-order valence-corrected chi connectivity index (χ2v) is 6.32. The molecule has 0 aromatic heterocycles. The summed E-state index contributed by atoms with van der Waals surface area (Å²) in [6.45, 7) is 0. The van der Waals surface area contributed by atoms with Gasteiger partial charge in [-0.25, -0.2) is 8.42 Å². The number of ketones is 1. The van der Waals surface area contributed by atoms with Gasteiger partial charge in [-0.2, -0.15) is 0 Å². The molecule has 0 fully saturated rings. The molecule has 0 bridgehead atoms. The minimum absolute atomic E-state index is 0.0510. The number of sulfone groups is 1. The smallest absolute Gasteiger partial charge is 0.211 e. The van der Waals surface area contributed by atoms with Gasteiger partial charge in [0.05, 0.1) is 4.90 Å². The molecule has 2 aromatic carbocycles. The lowest BCUT2D eigenvalue weighted by Crippen LogP contribution is -2.01. The Labute approximate surface area is 115 Å². The summed E-state index contributed by atoms with van der Waals surface area (Å²) in [6, 6.07) is 12.1. The fraction of sp³-hybridized carbons (Fsp3) is 0. The van der Waals surface area contributed by atoms with Crippen molar-refractivity contribution in [2.24, 2.45) is 0 Å². The van der Waals surface area contributed by atoms with Gasteiger partial charge in [-0.15, -0.1) is 0 Å². The van der Waals surface area contributed by atoms with Gasteiger partial charge >= 0.3 is 0 Å². The van der Waals surface area contributed by atoms with Crippen molar-refractivity contribution in [2.75, 3.05) is 0 Å². The van der Waals surface area contributed by atoms with Crippen molar-refractivity contribution in [3.63, 3.8) is 0 Å². The first-order valence-corrected chi connectivity index (χ1v) is 7.38. The van der Waals surface area contributed by atoms with Gasteiger partial charge in [-0.05, 0) is 35.9 Å². The Balaban J connectivity index is 2.17. The minimum Gasteiger partial charge on any atom is -0.508 e. The van der Waals surface area contributed by atoms with Crippen LogP contribution >= 0.6 is 0 Å². The number of allylic oxidation sites excluding steroid dienone is 1. The van der Waals surface area contributed by atoms with Gasteiger partial charge in [0.1, 0.15) is 10.7 Å². The summed E-state index contributed by atoms with van der Waals surface area (Å²) >= 11 is 0. The number of carbonyl (C=O) groups excluding carboxylic acids is 1. The molecule has 0 saturated heterocycles. The van der Waals surface area contributed by atoms with E-state index < -0.39 is 15.6 Å². The van der Waals surface area contributed by atoms with Crippen molar-refractivity contribution in [2.45, 2.75) is 4.90 Å². The molecule has 0 radical (unpaired) electrons. The second kappa shape index (κ2) is 4.31. The third kappa shape index (κ3) is 1.83. The molecule has 0 spiro atoms. The number of hydrogen-bond donors (Lipinski definition) is 1. The maximum atomic E-state index is 12.3. The van der Waals surface area contributed by atoms with Crippen molar-refractivity contribution in [1.82, 2.24) is 0 Å². The quantitative estimate of drug-likeness (QED) is 0.817. The predicted molar refractivity (Wildman–Crippen MR) is 74.0 cm³/mol. The van der Waals surface area contributed by atoms with Crippen LogP contribution in [-0.2, 0) is 9.84 Å². The predicted octanol–water partition coefficient (Wildman–Crippen LogP) is 2.40. The van der Waals surface area contributed by atoms with Crippen molar-refractivity contribution >= 4 is 21.7 Å². The molecule has 0 saturated carbocycles. The first-order chi connectivity index (χ1) is 9.50. The summed E-state index contributed by atoms with van der Waals surface area (Å²) in [4.78, 5) is 12.0. The van der Waals surface area contributed by atoms with E-state index in [1.54, 1.807) is 24.3 Å². The normalized spacial score (nSPS) is 18.2. The van der Waals surface area contributed by atoms with Crippen LogP contribution in [0.15, 0.2) is 58.3 Å². The first kappa shape index (κ1) is 12.6. The molecule has 0 atom stereocenters. The molecule has 0 aliphatic carbocycles. The summed E-state index contributed by atoms with van der Waals surface area (Å²) in [5, 5.41) is 9.21. The van der Waals surface area contributed by atoms with Crippen LogP contribution in [0.25, 0.3) is 6.08 Å². The van der Waals surface area contributed by atoms with Gasteiger partial charge in [-0.1, -0.05) is 24.3 Å². The summed E-state index contributed by atoms with van der Waals surface area (Å²) in [7, 11) is -3.75. The number of Topliss-reactive ketones (excluding diaryl/α,β-unsaturated/α-hetero) is 1. The Morgan fingerprint density at radius 2 is 1.60 bits per heavy atom. The van der Waals surface area contributed by atoms with E-state index in [1.807, 2.05) is 0 Å². The summed E-state index contributed by atoms with van der Waals surface area (Å²) in [6.07, 6.45) is 1.33. The molecule has 5 heteroatoms. The number of hydrogen-bond acceptors (Lipinski definition) is 4. The maximum absolute atomic E-state index is 12.3. The Bertz CT molecular complexity index is 830. The van der Waals surface area contributed by atoms with Gasteiger partial charge in [0.2, 0.25) is 15.6 Å². The fourth-order valence-electron chi connectivity index (χ4n) is 2.13. The molecule has 1 aliphatic rings. The minimum atomic E-state index is -3.75. The number of phenolic OH excluding ortho intramolecular Hbond substituents is 1. The largest absolute Gasteiger partial charge is 0.508 e. The SMILES string of the molecule is O=C1C(=Cc2ccc(O)cc2)S(=O)(=O)c2ccccc21. The zero-order valence-electron chi connectivity index (χ0n) is 10.3. The van der Waals surface area contributed by atoms with E-state index in [9.17, 15) is 18.3 Å². The number of rotatable bonds is 1. The molecule has 3 rings (SSSR count). The van der Waals surface area contributed by atoms with Gasteiger partial charge in [0.25, 0.3) is 0 Å². The number of fused-ring (bicyclic) bond motifs is 1. The number of carbonyl (C=O) groups is 1. The standard InChI is InChI=1S/C15H10O4S/c16-11-7-5-10(6-8-11)9-14-15(17)12-3-1-2-4-13(12)20(14,18)19/h1-9,16H. The van der Waals surface area contributed by atoms with E-state index in [0.29, 0.717) is 5.56 Å². The molecular formula is C15H10O4S. The highest BCUT2D eigenvalue weighted by molar-refractivity contribution is 7.97. The highest BCUT2D eigenvalue weighted by atomic mass is 32.2. The Morgan fingerprint density at radius 3 is 2.25 bits per heavy atom. The zero-order chi connectivity index (χ0) is 14.3. The molecule has 0 amide bonds. The molecule has 4 nitrogen and oxygen atoms in total. The van der Waals surface area contributed by atoms with Gasteiger partial charge in [-0.3, -0.25) is 4.79 Å². The van der Waals surface area contributed by atoms with Crippen LogP contribution in [0.1, 0.15) is 15.9 Å². The first-order valence-electron chi connectivity index (χ1n) is 5.90. The zero-order valence-corrected chi connectivity index (χ0v) is 11.1. The highest BCUT2D eigenvalue weighted by Crippen LogP contribution is 2.34. The van der Waals surface area contributed by atoms with Crippen LogP contribution < -0.4 is 0 Å². The Hall–Kier alpha value is -2.40. The van der Waals surface area contributed by atoms with Crippen molar-refractivity contribution < 1.29 is 18.3 Å². The van der Waals surface area contributed by atoms with E-state index in [4.69, 9.17) is 0 Å². The fourth-order valence-corrected chi connectivity index (χ4v) is 3.72. The molecule has 2 aromatic rings. The lowest BCUT2D eigenvalue weighted by atomic mass is 10.1. The van der Waals surface area contributed by atoms with Gasteiger partial charge < -0.3 is 5.11 Å². The number of aromatic hydroxyl groups is 1. The van der Waals surface area contributed by atoms with Crippen molar-refractivity contribution in [3.05, 3.63) is 64.6 Å². The van der Waals surface area contributed by atoms with E-state index in [-0.39, 0.29) is 21.1 Å². The molecule has 20 heavy (non-hydrogen) atoms. The molecular weight excluding hydrogens is 276 g/mol. The third-order valence-electron chi connectivity index (χ3n) is 3.13. The van der Waals surface area contributed by atoms with Crippen LogP contribution in [0.2, 0.25) is 0 Å². The van der Waals surface area contributed by atoms with E-state index in [0.717, 1.165) is 0 Å². The van der Waals surface area contributed by atoms with Gasteiger partial charge in [0, 0.05) is 5.56 Å². The van der Waals surface area contributed by atoms with E-state index >= 15 is 0 Å². The van der Waals surface area contributed by atoms with Crippen LogP contribution in [0.4, 0.5) is 0 Å². The Morgan fingerprint density at radius 1 is 0.950 bits per heavy atom. The van der Waals surface area contributed by atoms with E-state index in [2.05, 4.69) is 0 Å². The number of phenols is 1. The Kier molecular flexibility index (Phi) is 2.72. The lowest BCUT2D eigenvalue weighted by molar-refractivity contribution is 0.104. The third-order valence-corrected chi connectivity index (χ3v) is 4.94. The number of benzene rings is 2. The van der Waals surface area contributed by atoms with Crippen LogP contribution in [-0.4, -0.2) is 19.3 Å². The second-order valence-electron chi connectivity index (χ2n) is 4.43. The van der Waals surface area contributed by atoms with Gasteiger partial charge in [0.15, 0.2) is 0 Å². The maximum Gasteiger partial charge on any atom is 0.211 e. The summed E-state index contributed by atoms with van der Waals surface area (Å²) in [5.74, 6) is -0.412. The van der Waals surface area contributed by atoms with Crippen molar-refractivity contribution in [1.29, 1.82) is 0 Å². The average molecular weight is 286 g/mol. The highest BCUT2D eigenvalue weighted by Gasteiger charge is 2.38. The van der Waals surface area contributed by atoms with Crippen molar-refractivity contribution in [3.8, 4) is 5.75 Å². The summed E-state index contributed by atoms with van der Waals surface area (Å²) in [5.41, 5.74) is 0.750. The molecule has 1 aliphatic heterocycles. The molecule has 1 N–H and O–H groups in total. The molecule has 0 unspecified atom stereocenters. The van der Waals surface area contributed by atoms with Crippen LogP contribution in [0, 0.1) is 0 Å².